The summed E-state index contributed by atoms with van der Waals surface area (Å²) in [7, 11) is 0. The molecule has 3 heterocycles. The second-order valence-corrected chi connectivity index (χ2v) is 13.4. The van der Waals surface area contributed by atoms with Gasteiger partial charge in [-0.05, 0) is 36.2 Å². The molecule has 2 spiro atoms. The summed E-state index contributed by atoms with van der Waals surface area (Å²) in [5.41, 5.74) is -3.53. The molecule has 44 heavy (non-hydrogen) atoms. The molecule has 4 aliphatic carbocycles. The Bertz CT molecular complexity index is 1300. The molecule has 0 aromatic carbocycles. The summed E-state index contributed by atoms with van der Waals surface area (Å²) < 4.78 is 21.8. The van der Waals surface area contributed by atoms with E-state index in [1.807, 2.05) is 13.8 Å². The van der Waals surface area contributed by atoms with E-state index in [0.717, 1.165) is 0 Å². The quantitative estimate of drug-likeness (QED) is 0.0726. The molecule has 3 saturated heterocycles. The molecule has 8 atom stereocenters. The second kappa shape index (κ2) is 10.7. The number of carbonyl (C=O) groups excluding carboxylic acids is 4. The van der Waals surface area contributed by atoms with Crippen LogP contribution >= 0.6 is 0 Å². The molecule has 15 nitrogen and oxygen atoms in total. The van der Waals surface area contributed by atoms with Gasteiger partial charge in [0.15, 0.2) is 5.78 Å². The van der Waals surface area contributed by atoms with Gasteiger partial charge in [0.05, 0.1) is 43.0 Å². The topological polar surface area (TPSA) is 197 Å². The highest BCUT2D eigenvalue weighted by Crippen LogP contribution is 2.76. The molecule has 0 aromatic rings. The zero-order valence-electron chi connectivity index (χ0n) is 24.9. The van der Waals surface area contributed by atoms with Crippen molar-refractivity contribution in [3.05, 3.63) is 17.4 Å². The number of hydrazine groups is 1. The molecule has 0 unspecified atom stereocenters. The van der Waals surface area contributed by atoms with E-state index in [0.29, 0.717) is 45.6 Å². The Morgan fingerprint density at radius 1 is 1.18 bits per heavy atom. The van der Waals surface area contributed by atoms with Crippen molar-refractivity contribution in [1.29, 1.82) is 0 Å². The number of nitrogens with zero attached hydrogens (tertiary/aromatic N) is 3. The van der Waals surface area contributed by atoms with E-state index >= 15 is 0 Å². The lowest BCUT2D eigenvalue weighted by Crippen LogP contribution is -2.85. The normalized spacial score (nSPS) is 40.7. The minimum absolute atomic E-state index is 0.123. The summed E-state index contributed by atoms with van der Waals surface area (Å²) in [6.45, 7) is 8.47. The number of carbonyl (C=O) groups is 4. The Labute approximate surface area is 253 Å². The largest absolute Gasteiger partial charge is 0.569 e. The van der Waals surface area contributed by atoms with Crippen molar-refractivity contribution in [2.75, 3.05) is 39.7 Å². The van der Waals surface area contributed by atoms with Crippen LogP contribution in [0.2, 0.25) is 0 Å². The van der Waals surface area contributed by atoms with Crippen molar-refractivity contribution in [3.8, 4) is 0 Å². The number of aliphatic hydroxyl groups is 2. The van der Waals surface area contributed by atoms with Gasteiger partial charge in [-0.3, -0.25) is 19.2 Å². The van der Waals surface area contributed by atoms with Crippen LogP contribution in [0.25, 0.3) is 0 Å². The Morgan fingerprint density at radius 2 is 1.89 bits per heavy atom. The first-order valence-electron chi connectivity index (χ1n) is 15.1. The average molecular weight is 622 g/mol. The highest BCUT2D eigenvalue weighted by Gasteiger charge is 2.88. The molecule has 0 amide bonds. The second-order valence-electron chi connectivity index (χ2n) is 13.4. The average Bonchev–Trinajstić information content (AvgIpc) is 3.11. The third-order valence-electron chi connectivity index (χ3n) is 11.0. The summed E-state index contributed by atoms with van der Waals surface area (Å²) in [5, 5.41) is 40.4. The summed E-state index contributed by atoms with van der Waals surface area (Å²) in [6, 6.07) is 0. The fourth-order valence-corrected chi connectivity index (χ4v) is 9.18. The maximum Gasteiger partial charge on any atom is 0.309 e. The zero-order valence-corrected chi connectivity index (χ0v) is 24.9. The molecule has 7 fully saturated rings. The van der Waals surface area contributed by atoms with E-state index in [4.69, 9.17) is 23.8 Å². The molecular weight excluding hydrogens is 582 g/mol. The van der Waals surface area contributed by atoms with Gasteiger partial charge >= 0.3 is 11.9 Å². The van der Waals surface area contributed by atoms with E-state index in [1.165, 1.54) is 5.01 Å². The minimum atomic E-state index is -2.41. The Kier molecular flexibility index (Phi) is 7.54. The monoisotopic (exact) mass is 621 g/mol. The van der Waals surface area contributed by atoms with Gasteiger partial charge in [-0.2, -0.15) is 0 Å². The van der Waals surface area contributed by atoms with Crippen LogP contribution in [0.15, 0.2) is 17.4 Å². The van der Waals surface area contributed by atoms with Crippen LogP contribution < -0.4 is 0 Å². The number of rotatable bonds is 8. The summed E-state index contributed by atoms with van der Waals surface area (Å²) in [6.07, 6.45) is -2.11. The smallest absolute Gasteiger partial charge is 0.309 e. The standard InChI is InChI=1S/C29H39N3O12/c1-16-17-4-5-18-27-14-42-29(38,24(37)22(27)26(2,3)9-8-19(27)33)28(18,23(16)36)25(17)44-21(35)7-6-20(34)41-15-43-30-32(39)31-10-12-40-13-11-31/h17-18,22,24-25,37-38H,1,4-15H2,2-3H3/b32-30-/t17-,18-,22+,24-,25+,27+,28-,29-/m0/s1. The number of aliphatic hydroxyl groups excluding tert-OH is 1. The van der Waals surface area contributed by atoms with Crippen molar-refractivity contribution in [2.45, 2.75) is 70.4 Å². The number of Topliss-reactive ketones (excluding diaryl/α,β-unsaturated/α-hetero) is 2. The van der Waals surface area contributed by atoms with Gasteiger partial charge in [0.25, 0.3) is 6.79 Å². The van der Waals surface area contributed by atoms with Crippen LogP contribution in [0.1, 0.15) is 52.4 Å². The van der Waals surface area contributed by atoms with Crippen molar-refractivity contribution >= 4 is 23.5 Å². The Hall–Kier alpha value is -3.14. The predicted octanol–water partition coefficient (Wildman–Crippen LogP) is 0.557. The lowest BCUT2D eigenvalue weighted by molar-refractivity contribution is -0.715. The lowest BCUT2D eigenvalue weighted by Gasteiger charge is -2.72. The molecular formula is C29H39N3O12. The molecule has 4 bridgehead atoms. The number of esters is 2. The van der Waals surface area contributed by atoms with Crippen LogP contribution in [-0.2, 0) is 43.0 Å². The molecule has 242 valence electrons. The van der Waals surface area contributed by atoms with Gasteiger partial charge in [0, 0.05) is 18.3 Å². The van der Waals surface area contributed by atoms with Gasteiger partial charge in [-0.25, -0.2) is 0 Å². The van der Waals surface area contributed by atoms with Gasteiger partial charge in [-0.15, -0.1) is 5.01 Å². The Morgan fingerprint density at radius 3 is 2.61 bits per heavy atom. The minimum Gasteiger partial charge on any atom is -0.569 e. The third-order valence-corrected chi connectivity index (χ3v) is 11.0. The molecule has 7 aliphatic rings. The summed E-state index contributed by atoms with van der Waals surface area (Å²) >= 11 is 0. The highest BCUT2D eigenvalue weighted by molar-refractivity contribution is 6.06. The van der Waals surface area contributed by atoms with Crippen LogP contribution in [0, 0.1) is 39.2 Å². The first-order valence-corrected chi connectivity index (χ1v) is 15.1. The Balaban J connectivity index is 1.15. The lowest BCUT2D eigenvalue weighted by atomic mass is 9.36. The van der Waals surface area contributed by atoms with E-state index in [-0.39, 0.29) is 29.4 Å². The van der Waals surface area contributed by atoms with E-state index in [9.17, 15) is 34.6 Å². The van der Waals surface area contributed by atoms with Crippen molar-refractivity contribution in [3.63, 3.8) is 0 Å². The molecule has 2 N–H and O–H groups in total. The number of hydrogen-bond acceptors (Lipinski definition) is 13. The van der Waals surface area contributed by atoms with E-state index in [1.54, 1.807) is 0 Å². The first-order chi connectivity index (χ1) is 20.8. The summed E-state index contributed by atoms with van der Waals surface area (Å²) in [5.74, 6) is -6.81. The SMILES string of the molecule is C=C1C(=O)[C@]23[C@H](OC(=O)CCC(=O)OCO/N=[N+](\[O-])N4CCOCC4)[C@H]1CC[C@H]2[C@@]12CO[C@@]3(O)[C@@H](O)[C@@H]1C(C)(C)CCC2=O. The predicted molar refractivity (Wildman–Crippen MR) is 143 cm³/mol. The van der Waals surface area contributed by atoms with Gasteiger partial charge in [-0.1, -0.05) is 20.4 Å². The first kappa shape index (κ1) is 30.9. The number of hydrogen-bond donors (Lipinski definition) is 2. The molecule has 3 aliphatic heterocycles. The molecule has 4 saturated carbocycles. The number of morpholine rings is 1. The molecule has 0 radical (unpaired) electrons. The van der Waals surface area contributed by atoms with E-state index in [2.05, 4.69) is 11.9 Å². The van der Waals surface area contributed by atoms with E-state index < -0.39 is 89.4 Å². The fraction of sp³-hybridized carbons (Fsp3) is 0.793. The van der Waals surface area contributed by atoms with Gasteiger partial charge < -0.3 is 39.2 Å². The van der Waals surface area contributed by atoms with Crippen LogP contribution in [0.3, 0.4) is 0 Å². The maximum absolute atomic E-state index is 14.1. The van der Waals surface area contributed by atoms with Crippen LogP contribution in [0.4, 0.5) is 0 Å². The highest BCUT2D eigenvalue weighted by atomic mass is 16.8. The third kappa shape index (κ3) is 4.15. The van der Waals surface area contributed by atoms with Gasteiger partial charge in [0.1, 0.15) is 36.5 Å². The van der Waals surface area contributed by atoms with Crippen molar-refractivity contribution in [2.24, 2.45) is 39.3 Å². The van der Waals surface area contributed by atoms with Gasteiger partial charge in [0.2, 0.25) is 11.1 Å². The zero-order chi connectivity index (χ0) is 31.7. The van der Waals surface area contributed by atoms with Crippen LogP contribution in [0.5, 0.6) is 0 Å². The van der Waals surface area contributed by atoms with Crippen molar-refractivity contribution in [1.82, 2.24) is 5.01 Å². The number of ketones is 2. The number of ether oxygens (including phenoxy) is 4. The summed E-state index contributed by atoms with van der Waals surface area (Å²) in [4.78, 5) is 58.2. The molecule has 15 heteroatoms. The number of fused-ring (bicyclic) bond motifs is 2. The van der Waals surface area contributed by atoms with Crippen LogP contribution in [-0.4, -0.2) is 101 Å². The van der Waals surface area contributed by atoms with Crippen molar-refractivity contribution < 1.29 is 58.1 Å². The maximum atomic E-state index is 14.1. The molecule has 7 rings (SSSR count). The molecule has 0 aromatic heterocycles. The fourth-order valence-electron chi connectivity index (χ4n) is 9.18.